The molecule has 2 heterocycles. The van der Waals surface area contributed by atoms with Gasteiger partial charge in [0.25, 0.3) is 0 Å². The van der Waals surface area contributed by atoms with E-state index in [0.717, 1.165) is 37.2 Å². The van der Waals surface area contributed by atoms with Gasteiger partial charge in [-0.1, -0.05) is 26.0 Å². The van der Waals surface area contributed by atoms with E-state index in [2.05, 4.69) is 24.5 Å². The van der Waals surface area contributed by atoms with Gasteiger partial charge in [0.05, 0.1) is 17.9 Å². The van der Waals surface area contributed by atoms with Gasteiger partial charge in [-0.3, -0.25) is 10.1 Å². The van der Waals surface area contributed by atoms with E-state index in [0.29, 0.717) is 5.92 Å². The number of carbonyl (C=O) groups is 1. The second kappa shape index (κ2) is 7.04. The third-order valence-electron chi connectivity index (χ3n) is 5.23. The molecule has 4 rings (SSSR count). The average molecular weight is 359 g/mol. The lowest BCUT2D eigenvalue weighted by Crippen LogP contribution is -2.54. The first kappa shape index (κ1) is 17.0. The van der Waals surface area contributed by atoms with E-state index in [1.54, 1.807) is 0 Å². The summed E-state index contributed by atoms with van der Waals surface area (Å²) < 4.78 is 5.78. The van der Waals surface area contributed by atoms with Crippen molar-refractivity contribution in [1.29, 1.82) is 0 Å². The van der Waals surface area contributed by atoms with Crippen LogP contribution in [0.1, 0.15) is 51.3 Å². The summed E-state index contributed by atoms with van der Waals surface area (Å²) in [6, 6.07) is 8.08. The van der Waals surface area contributed by atoms with Crippen molar-refractivity contribution in [1.82, 2.24) is 10.6 Å². The van der Waals surface area contributed by atoms with Gasteiger partial charge in [0.2, 0.25) is 5.91 Å². The van der Waals surface area contributed by atoms with E-state index in [9.17, 15) is 4.79 Å². The molecule has 1 fully saturated rings. The van der Waals surface area contributed by atoms with Crippen molar-refractivity contribution in [3.05, 3.63) is 40.3 Å². The van der Waals surface area contributed by atoms with Gasteiger partial charge < -0.3 is 10.1 Å². The molecule has 25 heavy (non-hydrogen) atoms. The minimum absolute atomic E-state index is 0.0254. The van der Waals surface area contributed by atoms with Gasteiger partial charge >= 0.3 is 0 Å². The molecule has 3 unspecified atom stereocenters. The molecule has 1 aromatic rings. The van der Waals surface area contributed by atoms with Crippen LogP contribution in [0.15, 0.2) is 34.7 Å². The molecule has 3 aliphatic rings. The first-order chi connectivity index (χ1) is 12.1. The van der Waals surface area contributed by atoms with Gasteiger partial charge in [-0.15, -0.1) is 11.8 Å². The lowest BCUT2D eigenvalue weighted by molar-refractivity contribution is -0.127. The second-order valence-electron chi connectivity index (χ2n) is 7.53. The molecule has 0 bridgehead atoms. The lowest BCUT2D eigenvalue weighted by Gasteiger charge is -2.35. The van der Waals surface area contributed by atoms with E-state index >= 15 is 0 Å². The predicted octanol–water partition coefficient (Wildman–Crippen LogP) is 3.96. The third-order valence-corrected chi connectivity index (χ3v) is 6.65. The van der Waals surface area contributed by atoms with E-state index in [1.165, 1.54) is 16.9 Å². The Bertz CT molecular complexity index is 683. The molecule has 0 spiro atoms. The quantitative estimate of drug-likeness (QED) is 0.837. The molecule has 134 valence electrons. The molecule has 0 saturated carbocycles. The molecular weight excluding hydrogens is 332 g/mol. The monoisotopic (exact) mass is 358 g/mol. The summed E-state index contributed by atoms with van der Waals surface area (Å²) in [5, 5.41) is 6.96. The van der Waals surface area contributed by atoms with Crippen LogP contribution < -0.4 is 15.4 Å². The van der Waals surface area contributed by atoms with Crippen molar-refractivity contribution in [3.8, 4) is 5.75 Å². The maximum atomic E-state index is 12.7. The largest absolute Gasteiger partial charge is 0.494 e. The first-order valence-corrected chi connectivity index (χ1v) is 10.2. The number of benzene rings is 1. The Labute approximate surface area is 153 Å². The summed E-state index contributed by atoms with van der Waals surface area (Å²) in [6.45, 7) is 5.14. The smallest absolute Gasteiger partial charge is 0.231 e. The fourth-order valence-corrected chi connectivity index (χ4v) is 5.40. The fourth-order valence-electron chi connectivity index (χ4n) is 3.82. The summed E-state index contributed by atoms with van der Waals surface area (Å²) in [6.07, 6.45) is 4.38. The summed E-state index contributed by atoms with van der Waals surface area (Å²) in [4.78, 5) is 14.1. The molecule has 3 atom stereocenters. The molecule has 1 aliphatic carbocycles. The number of hydrogen-bond donors (Lipinski definition) is 2. The molecule has 2 aliphatic heterocycles. The van der Waals surface area contributed by atoms with Crippen LogP contribution in [-0.4, -0.2) is 17.9 Å². The van der Waals surface area contributed by atoms with Crippen molar-refractivity contribution in [2.75, 3.05) is 6.61 Å². The van der Waals surface area contributed by atoms with Gasteiger partial charge in [0, 0.05) is 0 Å². The number of ether oxygens (including phenoxy) is 1. The number of amides is 1. The van der Waals surface area contributed by atoms with Crippen LogP contribution in [0.25, 0.3) is 0 Å². The zero-order chi connectivity index (χ0) is 17.4. The summed E-state index contributed by atoms with van der Waals surface area (Å²) in [7, 11) is 0. The highest BCUT2D eigenvalue weighted by atomic mass is 32.2. The normalized spacial score (nSPS) is 28.1. The molecule has 0 aromatic heterocycles. The van der Waals surface area contributed by atoms with Gasteiger partial charge in [-0.05, 0) is 59.8 Å². The number of thioether (sulfide) groups is 1. The van der Waals surface area contributed by atoms with Crippen LogP contribution >= 0.6 is 11.8 Å². The van der Waals surface area contributed by atoms with E-state index < -0.39 is 0 Å². The maximum absolute atomic E-state index is 12.7. The predicted molar refractivity (Wildman–Crippen MR) is 101 cm³/mol. The first-order valence-electron chi connectivity index (χ1n) is 9.29. The van der Waals surface area contributed by atoms with Gasteiger partial charge in [-0.2, -0.15) is 0 Å². The maximum Gasteiger partial charge on any atom is 0.231 e. The van der Waals surface area contributed by atoms with Crippen molar-refractivity contribution in [2.24, 2.45) is 11.8 Å². The van der Waals surface area contributed by atoms with Crippen molar-refractivity contribution >= 4 is 17.7 Å². The molecule has 5 heteroatoms. The Morgan fingerprint density at radius 3 is 2.80 bits per heavy atom. The van der Waals surface area contributed by atoms with Crippen LogP contribution in [0.4, 0.5) is 0 Å². The molecule has 1 amide bonds. The SMILES string of the molecule is CC(C)CCOc1ccc(C2NC(=O)C3C4=C(CCC4)SC3N2)cc1. The number of hydrogen-bond acceptors (Lipinski definition) is 4. The zero-order valence-corrected chi connectivity index (χ0v) is 15.7. The van der Waals surface area contributed by atoms with Gasteiger partial charge in [-0.25, -0.2) is 0 Å². The zero-order valence-electron chi connectivity index (χ0n) is 14.9. The topological polar surface area (TPSA) is 50.4 Å². The standard InChI is InChI=1S/C20H26N2O2S/c1-12(2)10-11-24-14-8-6-13(7-9-14)18-21-19(23)17-15-4-3-5-16(15)25-20(17)22-18/h6-9,12,17-18,20,22H,3-5,10-11H2,1-2H3,(H,21,23). The Hall–Kier alpha value is -1.46. The fraction of sp³-hybridized carbons (Fsp3) is 0.550. The Balaban J connectivity index is 1.39. The van der Waals surface area contributed by atoms with Crippen LogP contribution in [0.3, 0.4) is 0 Å². The lowest BCUT2D eigenvalue weighted by atomic mass is 9.94. The van der Waals surface area contributed by atoms with E-state index in [4.69, 9.17) is 4.74 Å². The van der Waals surface area contributed by atoms with Crippen molar-refractivity contribution in [3.63, 3.8) is 0 Å². The molecular formula is C20H26N2O2S. The van der Waals surface area contributed by atoms with Crippen LogP contribution in [-0.2, 0) is 4.79 Å². The Kier molecular flexibility index (Phi) is 4.78. The van der Waals surface area contributed by atoms with Crippen molar-refractivity contribution < 1.29 is 9.53 Å². The highest BCUT2D eigenvalue weighted by molar-refractivity contribution is 8.04. The number of rotatable bonds is 5. The molecule has 1 saturated heterocycles. The molecule has 2 N–H and O–H groups in total. The number of nitrogens with one attached hydrogen (secondary N) is 2. The summed E-state index contributed by atoms with van der Waals surface area (Å²) in [5.74, 6) is 1.73. The highest BCUT2D eigenvalue weighted by Crippen LogP contribution is 2.50. The van der Waals surface area contributed by atoms with Gasteiger partial charge in [0.1, 0.15) is 11.9 Å². The Morgan fingerprint density at radius 1 is 1.24 bits per heavy atom. The molecule has 0 radical (unpaired) electrons. The average Bonchev–Trinajstić information content (AvgIpc) is 3.15. The van der Waals surface area contributed by atoms with Crippen LogP contribution in [0, 0.1) is 11.8 Å². The minimum Gasteiger partial charge on any atom is -0.494 e. The van der Waals surface area contributed by atoms with E-state index in [1.807, 2.05) is 36.0 Å². The minimum atomic E-state index is -0.119. The van der Waals surface area contributed by atoms with E-state index in [-0.39, 0.29) is 23.4 Å². The highest BCUT2D eigenvalue weighted by Gasteiger charge is 2.45. The van der Waals surface area contributed by atoms with Crippen LogP contribution in [0.5, 0.6) is 5.75 Å². The Morgan fingerprint density at radius 2 is 2.04 bits per heavy atom. The van der Waals surface area contributed by atoms with Gasteiger partial charge in [0.15, 0.2) is 0 Å². The second-order valence-corrected chi connectivity index (χ2v) is 8.76. The molecule has 4 nitrogen and oxygen atoms in total. The third kappa shape index (κ3) is 3.44. The van der Waals surface area contributed by atoms with Crippen LogP contribution in [0.2, 0.25) is 0 Å². The van der Waals surface area contributed by atoms with Crippen molar-refractivity contribution in [2.45, 2.75) is 51.1 Å². The molecule has 1 aromatic carbocycles. The number of fused-ring (bicyclic) bond motifs is 2. The summed E-state index contributed by atoms with van der Waals surface area (Å²) >= 11 is 1.87. The number of allylic oxidation sites excluding steroid dienone is 1. The number of carbonyl (C=O) groups excluding carboxylic acids is 1. The summed E-state index contributed by atoms with van der Waals surface area (Å²) in [5.41, 5.74) is 2.46.